The van der Waals surface area contributed by atoms with Crippen LogP contribution in [0, 0.1) is 0 Å². The highest BCUT2D eigenvalue weighted by Gasteiger charge is 2.21. The van der Waals surface area contributed by atoms with Crippen LogP contribution in [0.15, 0.2) is 54.6 Å². The molecule has 0 radical (unpaired) electrons. The third kappa shape index (κ3) is 6.09. The summed E-state index contributed by atoms with van der Waals surface area (Å²) in [7, 11) is 2.13. The Hall–Kier alpha value is -2.86. The number of piperazine rings is 1. The van der Waals surface area contributed by atoms with Gasteiger partial charge in [0, 0.05) is 18.5 Å². The molecule has 0 atom stereocenters. The lowest BCUT2D eigenvalue weighted by Crippen LogP contribution is -3.12. The van der Waals surface area contributed by atoms with Crippen LogP contribution in [-0.2, 0) is 16.2 Å². The largest absolute Gasteiger partial charge is 0.489 e. The Morgan fingerprint density at radius 3 is 2.36 bits per heavy atom. The Bertz CT molecular complexity index is 769. The van der Waals surface area contributed by atoms with Crippen LogP contribution in [0.4, 0.5) is 5.69 Å². The first-order valence-corrected chi connectivity index (χ1v) is 9.76. The van der Waals surface area contributed by atoms with E-state index in [4.69, 9.17) is 4.74 Å². The summed E-state index contributed by atoms with van der Waals surface area (Å²) in [6.45, 7) is 3.99. The Labute approximate surface area is 166 Å². The number of carbonyl (C=O) groups excluding carboxylic acids is 2. The maximum absolute atomic E-state index is 12.2. The Kier molecular flexibility index (Phi) is 7.03. The van der Waals surface area contributed by atoms with Gasteiger partial charge in [-0.15, -0.1) is 0 Å². The molecular formula is C22H28N3O3+. The zero-order valence-corrected chi connectivity index (χ0v) is 16.3. The number of quaternary nitrogens is 1. The number of amides is 2. The van der Waals surface area contributed by atoms with Crippen molar-refractivity contribution in [2.45, 2.75) is 19.4 Å². The summed E-state index contributed by atoms with van der Waals surface area (Å²) < 4.78 is 5.74. The van der Waals surface area contributed by atoms with Gasteiger partial charge in [0.25, 0.3) is 0 Å². The SMILES string of the molecule is C[NH+]1CCN(C(=O)CCC(=O)Nc2ccc(OCc3ccccc3)cc2)CC1. The van der Waals surface area contributed by atoms with E-state index in [1.54, 1.807) is 0 Å². The second-order valence-electron chi connectivity index (χ2n) is 7.18. The number of ether oxygens (including phenoxy) is 1. The minimum absolute atomic E-state index is 0.0623. The summed E-state index contributed by atoms with van der Waals surface area (Å²) in [6.07, 6.45) is 0.452. The van der Waals surface area contributed by atoms with Gasteiger partial charge in [0.05, 0.1) is 33.2 Å². The molecular weight excluding hydrogens is 354 g/mol. The molecule has 1 saturated heterocycles. The molecule has 0 bridgehead atoms. The minimum Gasteiger partial charge on any atom is -0.489 e. The molecule has 6 nitrogen and oxygen atoms in total. The molecule has 2 amide bonds. The van der Waals surface area contributed by atoms with Gasteiger partial charge in [-0.05, 0) is 29.8 Å². The van der Waals surface area contributed by atoms with Crippen molar-refractivity contribution >= 4 is 17.5 Å². The molecule has 2 N–H and O–H groups in total. The molecule has 1 aliphatic rings. The number of rotatable bonds is 7. The number of likely N-dealkylation sites (N-methyl/N-ethyl adjacent to an activating group) is 1. The Morgan fingerprint density at radius 2 is 1.68 bits per heavy atom. The maximum atomic E-state index is 12.2. The number of nitrogens with zero attached hydrogens (tertiary/aromatic N) is 1. The monoisotopic (exact) mass is 382 g/mol. The molecule has 1 heterocycles. The van der Waals surface area contributed by atoms with Gasteiger partial charge in [-0.25, -0.2) is 0 Å². The van der Waals surface area contributed by atoms with Crippen LogP contribution in [0.3, 0.4) is 0 Å². The number of hydrogen-bond donors (Lipinski definition) is 2. The zero-order valence-electron chi connectivity index (χ0n) is 16.3. The normalized spacial score (nSPS) is 14.5. The zero-order chi connectivity index (χ0) is 19.8. The van der Waals surface area contributed by atoms with E-state index in [9.17, 15) is 9.59 Å². The van der Waals surface area contributed by atoms with E-state index in [0.717, 1.165) is 37.5 Å². The standard InChI is InChI=1S/C22H27N3O3/c1-24-13-15-25(16-14-24)22(27)12-11-21(26)23-19-7-9-20(10-8-19)28-17-18-5-3-2-4-6-18/h2-10H,11-17H2,1H3,(H,23,26)/p+1. The Morgan fingerprint density at radius 1 is 1.00 bits per heavy atom. The van der Waals surface area contributed by atoms with Crippen molar-refractivity contribution in [2.24, 2.45) is 0 Å². The van der Waals surface area contributed by atoms with Crippen molar-refractivity contribution in [3.05, 3.63) is 60.2 Å². The fraction of sp³-hybridized carbons (Fsp3) is 0.364. The van der Waals surface area contributed by atoms with E-state index in [2.05, 4.69) is 12.4 Å². The third-order valence-corrected chi connectivity index (χ3v) is 4.92. The third-order valence-electron chi connectivity index (χ3n) is 4.92. The van der Waals surface area contributed by atoms with Gasteiger partial charge < -0.3 is 19.9 Å². The topological polar surface area (TPSA) is 63.1 Å². The van der Waals surface area contributed by atoms with Gasteiger partial charge >= 0.3 is 0 Å². The lowest BCUT2D eigenvalue weighted by molar-refractivity contribution is -0.883. The van der Waals surface area contributed by atoms with E-state index in [1.165, 1.54) is 4.90 Å². The average molecular weight is 382 g/mol. The quantitative estimate of drug-likeness (QED) is 0.760. The van der Waals surface area contributed by atoms with Crippen LogP contribution in [-0.4, -0.2) is 49.9 Å². The van der Waals surface area contributed by atoms with Crippen LogP contribution in [0.1, 0.15) is 18.4 Å². The Balaban J connectivity index is 1.39. The predicted molar refractivity (Wildman–Crippen MR) is 108 cm³/mol. The van der Waals surface area contributed by atoms with Gasteiger partial charge in [-0.1, -0.05) is 30.3 Å². The molecule has 28 heavy (non-hydrogen) atoms. The number of nitrogens with one attached hydrogen (secondary N) is 2. The van der Waals surface area contributed by atoms with Crippen LogP contribution < -0.4 is 15.0 Å². The average Bonchev–Trinajstić information content (AvgIpc) is 2.73. The van der Waals surface area contributed by atoms with Crippen LogP contribution in [0.25, 0.3) is 0 Å². The first-order valence-electron chi connectivity index (χ1n) is 9.76. The van der Waals surface area contributed by atoms with Gasteiger partial charge in [0.15, 0.2) is 0 Å². The lowest BCUT2D eigenvalue weighted by atomic mass is 10.2. The van der Waals surface area contributed by atoms with Gasteiger partial charge in [-0.2, -0.15) is 0 Å². The van der Waals surface area contributed by atoms with Crippen molar-refractivity contribution in [3.63, 3.8) is 0 Å². The van der Waals surface area contributed by atoms with Crippen molar-refractivity contribution < 1.29 is 19.2 Å². The summed E-state index contributed by atoms with van der Waals surface area (Å²) in [5.74, 6) is 0.660. The molecule has 148 valence electrons. The fourth-order valence-electron chi connectivity index (χ4n) is 3.12. The van der Waals surface area contributed by atoms with E-state index in [-0.39, 0.29) is 24.7 Å². The second-order valence-corrected chi connectivity index (χ2v) is 7.18. The first kappa shape index (κ1) is 19.9. The molecule has 1 aliphatic heterocycles. The lowest BCUT2D eigenvalue weighted by Gasteiger charge is -2.30. The van der Waals surface area contributed by atoms with Crippen LogP contribution in [0.5, 0.6) is 5.75 Å². The smallest absolute Gasteiger partial charge is 0.224 e. The maximum Gasteiger partial charge on any atom is 0.224 e. The molecule has 2 aromatic rings. The highest BCUT2D eigenvalue weighted by molar-refractivity contribution is 5.93. The van der Waals surface area contributed by atoms with Crippen molar-refractivity contribution in [3.8, 4) is 5.75 Å². The highest BCUT2D eigenvalue weighted by Crippen LogP contribution is 2.17. The molecule has 3 rings (SSSR count). The highest BCUT2D eigenvalue weighted by atomic mass is 16.5. The molecule has 2 aromatic carbocycles. The molecule has 0 spiro atoms. The van der Waals surface area contributed by atoms with E-state index in [1.807, 2.05) is 59.5 Å². The summed E-state index contributed by atoms with van der Waals surface area (Å²) >= 11 is 0. The van der Waals surface area contributed by atoms with E-state index < -0.39 is 0 Å². The minimum atomic E-state index is -0.147. The molecule has 6 heteroatoms. The van der Waals surface area contributed by atoms with E-state index >= 15 is 0 Å². The van der Waals surface area contributed by atoms with Crippen molar-refractivity contribution in [1.29, 1.82) is 0 Å². The van der Waals surface area contributed by atoms with Gasteiger partial charge in [-0.3, -0.25) is 9.59 Å². The second kappa shape index (κ2) is 9.90. The van der Waals surface area contributed by atoms with Crippen LogP contribution >= 0.6 is 0 Å². The van der Waals surface area contributed by atoms with Gasteiger partial charge in [0.2, 0.25) is 11.8 Å². The molecule has 0 aliphatic carbocycles. The predicted octanol–water partition coefficient (Wildman–Crippen LogP) is 1.34. The van der Waals surface area contributed by atoms with Crippen molar-refractivity contribution in [2.75, 3.05) is 38.5 Å². The summed E-state index contributed by atoms with van der Waals surface area (Å²) in [5.41, 5.74) is 1.80. The number of benzene rings is 2. The van der Waals surface area contributed by atoms with Gasteiger partial charge in [0.1, 0.15) is 12.4 Å². The number of carbonyl (C=O) groups is 2. The molecule has 0 saturated carbocycles. The molecule has 1 fully saturated rings. The number of anilines is 1. The number of hydrogen-bond acceptors (Lipinski definition) is 3. The first-order chi connectivity index (χ1) is 13.6. The summed E-state index contributed by atoms with van der Waals surface area (Å²) in [4.78, 5) is 27.6. The fourth-order valence-corrected chi connectivity index (χ4v) is 3.12. The molecule has 0 aromatic heterocycles. The summed E-state index contributed by atoms with van der Waals surface area (Å²) in [5, 5.41) is 2.84. The van der Waals surface area contributed by atoms with Crippen molar-refractivity contribution in [1.82, 2.24) is 4.90 Å². The summed E-state index contributed by atoms with van der Waals surface area (Å²) in [6, 6.07) is 17.2. The van der Waals surface area contributed by atoms with Crippen LogP contribution in [0.2, 0.25) is 0 Å². The molecule has 0 unspecified atom stereocenters. The van der Waals surface area contributed by atoms with E-state index in [0.29, 0.717) is 12.3 Å².